The number of hydrogen-bond donors (Lipinski definition) is 1. The van der Waals surface area contributed by atoms with Crippen LogP contribution >= 0.6 is 0 Å². The Morgan fingerprint density at radius 3 is 2.25 bits per heavy atom. The van der Waals surface area contributed by atoms with Crippen molar-refractivity contribution in [3.63, 3.8) is 0 Å². The van der Waals surface area contributed by atoms with Crippen molar-refractivity contribution in [2.45, 2.75) is 39.7 Å². The van der Waals surface area contributed by atoms with Crippen LogP contribution in [-0.2, 0) is 0 Å². The van der Waals surface area contributed by atoms with Crippen molar-refractivity contribution in [1.29, 1.82) is 0 Å². The molecule has 16 heavy (non-hydrogen) atoms. The van der Waals surface area contributed by atoms with E-state index >= 15 is 0 Å². The van der Waals surface area contributed by atoms with Crippen LogP contribution < -0.4 is 10.6 Å². The summed E-state index contributed by atoms with van der Waals surface area (Å²) in [4.78, 5) is 6.77. The summed E-state index contributed by atoms with van der Waals surface area (Å²) in [5.74, 6) is 0. The van der Waals surface area contributed by atoms with E-state index in [-0.39, 0.29) is 6.04 Å². The molecule has 0 aliphatic heterocycles. The molecule has 0 fully saturated rings. The number of nitrogens with zero attached hydrogens (tertiary/aromatic N) is 2. The zero-order chi connectivity index (χ0) is 12.0. The molecule has 1 heterocycles. The van der Waals surface area contributed by atoms with Gasteiger partial charge >= 0.3 is 0 Å². The third-order valence-corrected chi connectivity index (χ3v) is 2.59. The van der Waals surface area contributed by atoms with Gasteiger partial charge in [0.2, 0.25) is 0 Å². The van der Waals surface area contributed by atoms with E-state index in [0.717, 1.165) is 31.6 Å². The molecule has 0 saturated carbocycles. The van der Waals surface area contributed by atoms with E-state index in [2.05, 4.69) is 29.8 Å². The standard InChI is InChI=1S/C13H23N3/c1-4-8-16(9-5-2)12-6-7-13(11(3)14)15-10-12/h6-7,10-11H,4-5,8-9,14H2,1-3H3. The monoisotopic (exact) mass is 221 g/mol. The SMILES string of the molecule is CCCN(CCC)c1ccc(C(C)N)nc1. The Kier molecular flexibility index (Phi) is 5.26. The van der Waals surface area contributed by atoms with Gasteiger partial charge < -0.3 is 10.6 Å². The molecular formula is C13H23N3. The first-order valence-corrected chi connectivity index (χ1v) is 6.15. The van der Waals surface area contributed by atoms with Crippen LogP contribution in [0.3, 0.4) is 0 Å². The van der Waals surface area contributed by atoms with Gasteiger partial charge in [0, 0.05) is 19.1 Å². The first-order chi connectivity index (χ1) is 7.69. The lowest BCUT2D eigenvalue weighted by atomic mass is 10.2. The Bertz CT molecular complexity index is 287. The molecule has 1 rings (SSSR count). The van der Waals surface area contributed by atoms with Gasteiger partial charge in [0.25, 0.3) is 0 Å². The first kappa shape index (κ1) is 13.0. The third-order valence-electron chi connectivity index (χ3n) is 2.59. The fourth-order valence-corrected chi connectivity index (χ4v) is 1.76. The van der Waals surface area contributed by atoms with Crippen molar-refractivity contribution in [2.75, 3.05) is 18.0 Å². The van der Waals surface area contributed by atoms with Crippen molar-refractivity contribution in [2.24, 2.45) is 5.73 Å². The van der Waals surface area contributed by atoms with Crippen molar-refractivity contribution in [3.05, 3.63) is 24.0 Å². The van der Waals surface area contributed by atoms with E-state index in [4.69, 9.17) is 5.73 Å². The van der Waals surface area contributed by atoms with Crippen LogP contribution in [0.15, 0.2) is 18.3 Å². The second-order valence-corrected chi connectivity index (χ2v) is 4.22. The summed E-state index contributed by atoms with van der Waals surface area (Å²) >= 11 is 0. The fourth-order valence-electron chi connectivity index (χ4n) is 1.76. The lowest BCUT2D eigenvalue weighted by Crippen LogP contribution is -2.25. The summed E-state index contributed by atoms with van der Waals surface area (Å²) in [5.41, 5.74) is 7.94. The maximum Gasteiger partial charge on any atom is 0.0569 e. The van der Waals surface area contributed by atoms with Crippen LogP contribution in [0.4, 0.5) is 5.69 Å². The summed E-state index contributed by atoms with van der Waals surface area (Å²) < 4.78 is 0. The Morgan fingerprint density at radius 2 is 1.88 bits per heavy atom. The second-order valence-electron chi connectivity index (χ2n) is 4.22. The highest BCUT2D eigenvalue weighted by atomic mass is 15.1. The summed E-state index contributed by atoms with van der Waals surface area (Å²) in [6.07, 6.45) is 4.26. The maximum absolute atomic E-state index is 5.78. The summed E-state index contributed by atoms with van der Waals surface area (Å²) in [6, 6.07) is 4.16. The van der Waals surface area contributed by atoms with Gasteiger partial charge in [0.05, 0.1) is 17.6 Å². The number of rotatable bonds is 6. The minimum Gasteiger partial charge on any atom is -0.370 e. The molecule has 0 amide bonds. The Labute approximate surface area is 98.7 Å². The van der Waals surface area contributed by atoms with E-state index < -0.39 is 0 Å². The average Bonchev–Trinajstić information content (AvgIpc) is 2.29. The Morgan fingerprint density at radius 1 is 1.25 bits per heavy atom. The number of anilines is 1. The van der Waals surface area contributed by atoms with Crippen molar-refractivity contribution >= 4 is 5.69 Å². The number of hydrogen-bond acceptors (Lipinski definition) is 3. The highest BCUT2D eigenvalue weighted by Crippen LogP contribution is 2.16. The molecular weight excluding hydrogens is 198 g/mol. The molecule has 90 valence electrons. The smallest absolute Gasteiger partial charge is 0.0569 e. The fraction of sp³-hybridized carbons (Fsp3) is 0.615. The molecule has 2 N–H and O–H groups in total. The Hall–Kier alpha value is -1.09. The van der Waals surface area contributed by atoms with E-state index in [1.165, 1.54) is 5.69 Å². The van der Waals surface area contributed by atoms with Gasteiger partial charge in [-0.1, -0.05) is 13.8 Å². The number of pyridine rings is 1. The topological polar surface area (TPSA) is 42.1 Å². The Balaban J connectivity index is 2.76. The van der Waals surface area contributed by atoms with Crippen LogP contribution in [0.5, 0.6) is 0 Å². The summed E-state index contributed by atoms with van der Waals surface area (Å²) in [7, 11) is 0. The molecule has 0 aromatic carbocycles. The van der Waals surface area contributed by atoms with Gasteiger partial charge in [-0.15, -0.1) is 0 Å². The zero-order valence-electron chi connectivity index (χ0n) is 10.6. The zero-order valence-corrected chi connectivity index (χ0v) is 10.6. The number of aromatic nitrogens is 1. The molecule has 0 aliphatic carbocycles. The van der Waals surface area contributed by atoms with Crippen LogP contribution in [0.2, 0.25) is 0 Å². The quantitative estimate of drug-likeness (QED) is 0.803. The molecule has 1 unspecified atom stereocenters. The minimum atomic E-state index is 0.0138. The van der Waals surface area contributed by atoms with Gasteiger partial charge in [-0.25, -0.2) is 0 Å². The largest absolute Gasteiger partial charge is 0.370 e. The molecule has 0 aliphatic rings. The molecule has 3 heteroatoms. The predicted octanol–water partition coefficient (Wildman–Crippen LogP) is 2.73. The third kappa shape index (κ3) is 3.49. The lowest BCUT2D eigenvalue weighted by molar-refractivity contribution is 0.737. The van der Waals surface area contributed by atoms with Crippen LogP contribution in [-0.4, -0.2) is 18.1 Å². The normalized spacial score (nSPS) is 12.5. The van der Waals surface area contributed by atoms with Crippen molar-refractivity contribution < 1.29 is 0 Å². The van der Waals surface area contributed by atoms with E-state index in [1.54, 1.807) is 0 Å². The molecule has 0 spiro atoms. The van der Waals surface area contributed by atoms with Crippen molar-refractivity contribution in [3.8, 4) is 0 Å². The highest BCUT2D eigenvalue weighted by Gasteiger charge is 2.06. The van der Waals surface area contributed by atoms with E-state index in [0.29, 0.717) is 0 Å². The van der Waals surface area contributed by atoms with Gasteiger partial charge in [0.1, 0.15) is 0 Å². The highest BCUT2D eigenvalue weighted by molar-refractivity contribution is 5.44. The predicted molar refractivity (Wildman–Crippen MR) is 69.6 cm³/mol. The summed E-state index contributed by atoms with van der Waals surface area (Å²) in [6.45, 7) is 8.54. The molecule has 0 radical (unpaired) electrons. The van der Waals surface area contributed by atoms with Gasteiger partial charge in [-0.05, 0) is 31.9 Å². The van der Waals surface area contributed by atoms with E-state index in [9.17, 15) is 0 Å². The van der Waals surface area contributed by atoms with Crippen LogP contribution in [0.25, 0.3) is 0 Å². The molecule has 3 nitrogen and oxygen atoms in total. The molecule has 0 saturated heterocycles. The number of nitrogens with two attached hydrogens (primary N) is 1. The summed E-state index contributed by atoms with van der Waals surface area (Å²) in [5, 5.41) is 0. The molecule has 1 aromatic heterocycles. The minimum absolute atomic E-state index is 0.0138. The first-order valence-electron chi connectivity index (χ1n) is 6.15. The average molecular weight is 221 g/mol. The van der Waals surface area contributed by atoms with Gasteiger partial charge in [-0.3, -0.25) is 4.98 Å². The van der Waals surface area contributed by atoms with Crippen molar-refractivity contribution in [1.82, 2.24) is 4.98 Å². The molecule has 0 bridgehead atoms. The van der Waals surface area contributed by atoms with Crippen LogP contribution in [0.1, 0.15) is 45.3 Å². The van der Waals surface area contributed by atoms with Crippen LogP contribution in [0, 0.1) is 0 Å². The lowest BCUT2D eigenvalue weighted by Gasteiger charge is -2.23. The van der Waals surface area contributed by atoms with Gasteiger partial charge in [0.15, 0.2) is 0 Å². The maximum atomic E-state index is 5.78. The van der Waals surface area contributed by atoms with Gasteiger partial charge in [-0.2, -0.15) is 0 Å². The van der Waals surface area contributed by atoms with E-state index in [1.807, 2.05) is 19.2 Å². The second kappa shape index (κ2) is 6.48. The molecule has 1 atom stereocenters. The molecule has 1 aromatic rings.